The molecule has 72 valence electrons. The predicted molar refractivity (Wildman–Crippen MR) is 48.2 cm³/mol. The molecule has 0 heterocycles. The minimum Gasteiger partial charge on any atom is -0.480 e. The standard InChI is InChI=1S/C8H18N2O2/c1-6(2)10-7(8(11)12)4-5-9-3/h6-7,9-10H,4-5H2,1-3H3,(H,11,12)/t7-/m1/s1. The third kappa shape index (κ3) is 5.09. The molecule has 4 heteroatoms. The van der Waals surface area contributed by atoms with Crippen molar-refractivity contribution in [2.75, 3.05) is 13.6 Å². The quantitative estimate of drug-likeness (QED) is 0.532. The molecule has 0 aromatic heterocycles. The molecule has 3 N–H and O–H groups in total. The largest absolute Gasteiger partial charge is 0.480 e. The molecule has 0 aliphatic carbocycles. The van der Waals surface area contributed by atoms with Crippen LogP contribution in [0.5, 0.6) is 0 Å². The van der Waals surface area contributed by atoms with Crippen molar-refractivity contribution < 1.29 is 9.90 Å². The summed E-state index contributed by atoms with van der Waals surface area (Å²) in [5.74, 6) is -0.779. The number of aliphatic carboxylic acids is 1. The summed E-state index contributed by atoms with van der Waals surface area (Å²) in [7, 11) is 1.81. The molecule has 1 atom stereocenters. The summed E-state index contributed by atoms with van der Waals surface area (Å²) in [6.07, 6.45) is 0.615. The van der Waals surface area contributed by atoms with Crippen LogP contribution in [0.1, 0.15) is 20.3 Å². The molecule has 0 bridgehead atoms. The first-order valence-corrected chi connectivity index (χ1v) is 4.21. The van der Waals surface area contributed by atoms with Gasteiger partial charge in [-0.1, -0.05) is 13.8 Å². The second-order valence-corrected chi connectivity index (χ2v) is 3.10. The van der Waals surface area contributed by atoms with E-state index in [2.05, 4.69) is 10.6 Å². The number of carboxylic acid groups (broad SMARTS) is 1. The fraction of sp³-hybridized carbons (Fsp3) is 0.875. The molecule has 0 saturated heterocycles. The molecule has 0 spiro atoms. The maximum absolute atomic E-state index is 10.7. The van der Waals surface area contributed by atoms with Crippen molar-refractivity contribution in [3.63, 3.8) is 0 Å². The van der Waals surface area contributed by atoms with Gasteiger partial charge in [0, 0.05) is 6.04 Å². The fourth-order valence-corrected chi connectivity index (χ4v) is 0.969. The van der Waals surface area contributed by atoms with Crippen LogP contribution in [-0.4, -0.2) is 36.8 Å². The molecular weight excluding hydrogens is 156 g/mol. The Morgan fingerprint density at radius 2 is 2.08 bits per heavy atom. The van der Waals surface area contributed by atoms with Gasteiger partial charge < -0.3 is 15.7 Å². The Morgan fingerprint density at radius 3 is 2.42 bits per heavy atom. The molecule has 0 rings (SSSR count). The maximum Gasteiger partial charge on any atom is 0.320 e. The molecule has 12 heavy (non-hydrogen) atoms. The monoisotopic (exact) mass is 174 g/mol. The van der Waals surface area contributed by atoms with Gasteiger partial charge in [-0.25, -0.2) is 0 Å². The van der Waals surface area contributed by atoms with Crippen LogP contribution in [0.25, 0.3) is 0 Å². The van der Waals surface area contributed by atoms with Crippen LogP contribution in [0.3, 0.4) is 0 Å². The highest BCUT2D eigenvalue weighted by Gasteiger charge is 2.16. The third-order valence-corrected chi connectivity index (χ3v) is 1.52. The smallest absolute Gasteiger partial charge is 0.320 e. The van der Waals surface area contributed by atoms with Gasteiger partial charge >= 0.3 is 5.97 Å². The highest BCUT2D eigenvalue weighted by Crippen LogP contribution is 1.93. The molecule has 0 unspecified atom stereocenters. The normalized spacial score (nSPS) is 13.3. The first-order valence-electron chi connectivity index (χ1n) is 4.21. The first-order chi connectivity index (χ1) is 5.57. The summed E-state index contributed by atoms with van der Waals surface area (Å²) >= 11 is 0. The Morgan fingerprint density at radius 1 is 1.50 bits per heavy atom. The molecule has 0 aliphatic heterocycles. The summed E-state index contributed by atoms with van der Waals surface area (Å²) in [6.45, 7) is 4.60. The Hall–Kier alpha value is -0.610. The van der Waals surface area contributed by atoms with Gasteiger partial charge in [-0.15, -0.1) is 0 Å². The van der Waals surface area contributed by atoms with Crippen LogP contribution >= 0.6 is 0 Å². The minimum atomic E-state index is -0.779. The molecule has 0 aromatic rings. The third-order valence-electron chi connectivity index (χ3n) is 1.52. The highest BCUT2D eigenvalue weighted by atomic mass is 16.4. The lowest BCUT2D eigenvalue weighted by Crippen LogP contribution is -2.42. The van der Waals surface area contributed by atoms with Gasteiger partial charge in [-0.05, 0) is 20.0 Å². The van der Waals surface area contributed by atoms with Crippen LogP contribution in [0.15, 0.2) is 0 Å². The van der Waals surface area contributed by atoms with Gasteiger partial charge in [0.15, 0.2) is 0 Å². The van der Waals surface area contributed by atoms with E-state index in [0.717, 1.165) is 6.54 Å². The van der Waals surface area contributed by atoms with Crippen molar-refractivity contribution in [1.82, 2.24) is 10.6 Å². The van der Waals surface area contributed by atoms with Gasteiger partial charge in [-0.2, -0.15) is 0 Å². The summed E-state index contributed by atoms with van der Waals surface area (Å²) < 4.78 is 0. The zero-order chi connectivity index (χ0) is 9.56. The zero-order valence-corrected chi connectivity index (χ0v) is 7.92. The molecular formula is C8H18N2O2. The highest BCUT2D eigenvalue weighted by molar-refractivity contribution is 5.73. The van der Waals surface area contributed by atoms with Crippen molar-refractivity contribution >= 4 is 5.97 Å². The zero-order valence-electron chi connectivity index (χ0n) is 7.92. The van der Waals surface area contributed by atoms with Crippen LogP contribution in [0.4, 0.5) is 0 Å². The number of carboxylic acids is 1. The number of hydrogen-bond acceptors (Lipinski definition) is 3. The lowest BCUT2D eigenvalue weighted by molar-refractivity contribution is -0.139. The summed E-state index contributed by atoms with van der Waals surface area (Å²) in [4.78, 5) is 10.7. The van der Waals surface area contributed by atoms with E-state index in [1.54, 1.807) is 0 Å². The van der Waals surface area contributed by atoms with E-state index in [1.807, 2.05) is 20.9 Å². The molecule has 0 fully saturated rings. The molecule has 4 nitrogen and oxygen atoms in total. The number of hydrogen-bond donors (Lipinski definition) is 3. The van der Waals surface area contributed by atoms with Gasteiger partial charge in [0.1, 0.15) is 6.04 Å². The molecule has 0 amide bonds. The van der Waals surface area contributed by atoms with E-state index in [9.17, 15) is 4.79 Å². The van der Waals surface area contributed by atoms with Crippen molar-refractivity contribution in [3.05, 3.63) is 0 Å². The van der Waals surface area contributed by atoms with Gasteiger partial charge in [-0.3, -0.25) is 4.79 Å². The minimum absolute atomic E-state index is 0.211. The van der Waals surface area contributed by atoms with Gasteiger partial charge in [0.25, 0.3) is 0 Å². The average molecular weight is 174 g/mol. The maximum atomic E-state index is 10.7. The molecule has 0 aliphatic rings. The van der Waals surface area contributed by atoms with E-state index in [4.69, 9.17) is 5.11 Å². The summed E-state index contributed by atoms with van der Waals surface area (Å²) in [5.41, 5.74) is 0. The Bertz CT molecular complexity index is 137. The van der Waals surface area contributed by atoms with E-state index in [1.165, 1.54) is 0 Å². The van der Waals surface area contributed by atoms with Crippen molar-refractivity contribution in [2.45, 2.75) is 32.4 Å². The second kappa shape index (κ2) is 5.97. The van der Waals surface area contributed by atoms with E-state index < -0.39 is 12.0 Å². The Kier molecular flexibility index (Phi) is 5.66. The van der Waals surface area contributed by atoms with Crippen molar-refractivity contribution in [2.24, 2.45) is 0 Å². The predicted octanol–water partition coefficient (Wildman–Crippen LogP) is 0.0471. The average Bonchev–Trinajstić information content (AvgIpc) is 1.96. The SMILES string of the molecule is CNCC[C@@H](NC(C)C)C(=O)O. The van der Waals surface area contributed by atoms with Crippen molar-refractivity contribution in [1.29, 1.82) is 0 Å². The van der Waals surface area contributed by atoms with Gasteiger partial charge in [0.05, 0.1) is 0 Å². The van der Waals surface area contributed by atoms with E-state index >= 15 is 0 Å². The molecule has 0 aromatic carbocycles. The fourth-order valence-electron chi connectivity index (χ4n) is 0.969. The summed E-state index contributed by atoms with van der Waals surface area (Å²) in [6, 6.07) is -0.222. The van der Waals surface area contributed by atoms with E-state index in [0.29, 0.717) is 6.42 Å². The van der Waals surface area contributed by atoms with E-state index in [-0.39, 0.29) is 6.04 Å². The topological polar surface area (TPSA) is 61.4 Å². The lowest BCUT2D eigenvalue weighted by Gasteiger charge is -2.16. The number of carbonyl (C=O) groups is 1. The summed E-state index contributed by atoms with van der Waals surface area (Å²) in [5, 5.41) is 14.7. The second-order valence-electron chi connectivity index (χ2n) is 3.10. The molecule has 0 saturated carbocycles. The Balaban J connectivity index is 3.78. The molecule has 0 radical (unpaired) electrons. The number of rotatable bonds is 6. The number of nitrogens with one attached hydrogen (secondary N) is 2. The first kappa shape index (κ1) is 11.4. The van der Waals surface area contributed by atoms with Crippen molar-refractivity contribution in [3.8, 4) is 0 Å². The van der Waals surface area contributed by atoms with Crippen LogP contribution in [0, 0.1) is 0 Å². The van der Waals surface area contributed by atoms with Crippen LogP contribution < -0.4 is 10.6 Å². The Labute approximate surface area is 73.3 Å². The van der Waals surface area contributed by atoms with Gasteiger partial charge in [0.2, 0.25) is 0 Å². The van der Waals surface area contributed by atoms with Crippen LogP contribution in [-0.2, 0) is 4.79 Å². The lowest BCUT2D eigenvalue weighted by atomic mass is 10.2. The van der Waals surface area contributed by atoms with Crippen LogP contribution in [0.2, 0.25) is 0 Å².